The van der Waals surface area contributed by atoms with Gasteiger partial charge in [-0.15, -0.1) is 0 Å². The molecule has 1 fully saturated rings. The van der Waals surface area contributed by atoms with Crippen LogP contribution in [-0.2, 0) is 9.59 Å². The number of esters is 1. The van der Waals surface area contributed by atoms with Gasteiger partial charge in [0.1, 0.15) is 17.2 Å². The summed E-state index contributed by atoms with van der Waals surface area (Å²) in [6.07, 6.45) is 3.01. The maximum Gasteiger partial charge on any atom is 0.308 e. The maximum absolute atomic E-state index is 13.6. The summed E-state index contributed by atoms with van der Waals surface area (Å²) in [4.78, 5) is 56.4. The Labute approximate surface area is 276 Å². The molecular weight excluding hydrogens is 600 g/mol. The first-order chi connectivity index (χ1) is 22.6. The minimum atomic E-state index is -0.540. The third-order valence-electron chi connectivity index (χ3n) is 8.01. The average molecular weight is 645 g/mol. The maximum atomic E-state index is 13.6. The molecule has 0 radical (unpaired) electrons. The molecule has 0 atom stereocenters. The van der Waals surface area contributed by atoms with E-state index in [0.29, 0.717) is 35.7 Å². The van der Waals surface area contributed by atoms with Crippen LogP contribution in [0.3, 0.4) is 0 Å². The van der Waals surface area contributed by atoms with Gasteiger partial charge < -0.3 is 34.2 Å². The summed E-state index contributed by atoms with van der Waals surface area (Å²) in [5, 5.41) is 2.77. The van der Waals surface area contributed by atoms with Crippen molar-refractivity contribution in [1.82, 2.24) is 9.80 Å². The lowest BCUT2D eigenvalue weighted by Gasteiger charge is -2.32. The number of likely N-dealkylation sites (N-methyl/N-ethyl adjacent to an activating group) is 1. The molecule has 0 saturated carbocycles. The highest BCUT2D eigenvalue weighted by Gasteiger charge is 2.22. The number of benzene rings is 3. The quantitative estimate of drug-likeness (QED) is 0.154. The van der Waals surface area contributed by atoms with E-state index in [4.69, 9.17) is 14.2 Å². The Morgan fingerprint density at radius 3 is 2.34 bits per heavy atom. The standard InChI is InChI=1S/C36H44N4O7/c1-25-14-17-30(33(23-25)46-22-10-6-7-13-34(42)40-20-18-38(3)19-21-40)39(4)36(44)27-15-16-29(32(24-27)45-5)37-35(43)28-11-8-9-12-31(28)47-26(2)41/h8-9,11-12,14-17,23-24H,6-7,10,13,18-22H2,1-5H3,(H,37,43). The van der Waals surface area contributed by atoms with E-state index in [0.717, 1.165) is 51.0 Å². The highest BCUT2D eigenvalue weighted by Crippen LogP contribution is 2.32. The Bertz CT molecular complexity index is 1580. The number of unbranched alkanes of at least 4 members (excludes halogenated alkanes) is 2. The lowest BCUT2D eigenvalue weighted by atomic mass is 10.1. The van der Waals surface area contributed by atoms with Crippen LogP contribution in [0, 0.1) is 6.92 Å². The number of hydrogen-bond acceptors (Lipinski definition) is 8. The Balaban J connectivity index is 1.36. The third kappa shape index (κ3) is 9.55. The molecule has 4 rings (SSSR count). The van der Waals surface area contributed by atoms with Crippen molar-refractivity contribution in [2.24, 2.45) is 0 Å². The Kier molecular flexibility index (Phi) is 12.3. The molecule has 3 aromatic carbocycles. The van der Waals surface area contributed by atoms with Crippen molar-refractivity contribution < 1.29 is 33.4 Å². The molecule has 11 heteroatoms. The number of aryl methyl sites for hydroxylation is 1. The first kappa shape index (κ1) is 35.0. The van der Waals surface area contributed by atoms with Crippen LogP contribution >= 0.6 is 0 Å². The summed E-state index contributed by atoms with van der Waals surface area (Å²) >= 11 is 0. The lowest BCUT2D eigenvalue weighted by molar-refractivity contribution is -0.133. The zero-order chi connectivity index (χ0) is 33.9. The Morgan fingerprint density at radius 1 is 0.872 bits per heavy atom. The molecule has 1 aliphatic heterocycles. The van der Waals surface area contributed by atoms with E-state index < -0.39 is 11.9 Å². The largest absolute Gasteiger partial charge is 0.495 e. The molecule has 3 amide bonds. The molecule has 3 aromatic rings. The summed E-state index contributed by atoms with van der Waals surface area (Å²) in [6, 6.07) is 16.8. The number of nitrogens with one attached hydrogen (secondary N) is 1. The SMILES string of the molecule is COc1cc(C(=O)N(C)c2ccc(C)cc2OCCCCCC(=O)N2CCN(C)CC2)ccc1NC(=O)c1ccccc1OC(C)=O. The van der Waals surface area contributed by atoms with Gasteiger partial charge in [-0.1, -0.05) is 18.2 Å². The number of hydrogen-bond donors (Lipinski definition) is 1. The fourth-order valence-corrected chi connectivity index (χ4v) is 5.28. The van der Waals surface area contributed by atoms with Crippen LogP contribution in [0.2, 0.25) is 0 Å². The molecule has 47 heavy (non-hydrogen) atoms. The summed E-state index contributed by atoms with van der Waals surface area (Å²) in [7, 11) is 5.20. The second kappa shape index (κ2) is 16.6. The number of nitrogens with zero attached hydrogens (tertiary/aromatic N) is 3. The van der Waals surface area contributed by atoms with Crippen LogP contribution in [0.5, 0.6) is 17.2 Å². The molecule has 1 heterocycles. The minimum Gasteiger partial charge on any atom is -0.495 e. The van der Waals surface area contributed by atoms with Gasteiger partial charge in [-0.3, -0.25) is 19.2 Å². The van der Waals surface area contributed by atoms with Crippen molar-refractivity contribution in [3.05, 3.63) is 77.4 Å². The zero-order valence-electron chi connectivity index (χ0n) is 27.8. The zero-order valence-corrected chi connectivity index (χ0v) is 27.8. The summed E-state index contributed by atoms with van der Waals surface area (Å²) in [6.45, 7) is 7.11. The number of ether oxygens (including phenoxy) is 3. The molecule has 0 bridgehead atoms. The third-order valence-corrected chi connectivity index (χ3v) is 8.01. The van der Waals surface area contributed by atoms with Crippen molar-refractivity contribution in [3.63, 3.8) is 0 Å². The second-order valence-electron chi connectivity index (χ2n) is 11.6. The van der Waals surface area contributed by atoms with Gasteiger partial charge in [-0.05, 0) is 81.3 Å². The second-order valence-corrected chi connectivity index (χ2v) is 11.6. The predicted octanol–water partition coefficient (Wildman–Crippen LogP) is 5.17. The van der Waals surface area contributed by atoms with E-state index >= 15 is 0 Å². The Morgan fingerprint density at radius 2 is 1.62 bits per heavy atom. The van der Waals surface area contributed by atoms with E-state index in [9.17, 15) is 19.2 Å². The molecular formula is C36H44N4O7. The number of amides is 3. The van der Waals surface area contributed by atoms with E-state index in [-0.39, 0.29) is 28.9 Å². The molecule has 0 aromatic heterocycles. The van der Waals surface area contributed by atoms with E-state index in [2.05, 4.69) is 17.3 Å². The van der Waals surface area contributed by atoms with E-state index in [1.54, 1.807) is 43.4 Å². The average Bonchev–Trinajstić information content (AvgIpc) is 3.06. The first-order valence-electron chi connectivity index (χ1n) is 15.8. The molecule has 1 saturated heterocycles. The topological polar surface area (TPSA) is 118 Å². The van der Waals surface area contributed by atoms with Crippen LogP contribution in [-0.4, -0.2) is 87.5 Å². The van der Waals surface area contributed by atoms with Crippen LogP contribution in [0.25, 0.3) is 0 Å². The van der Waals surface area contributed by atoms with Crippen molar-refractivity contribution >= 4 is 35.1 Å². The number of rotatable bonds is 13. The molecule has 250 valence electrons. The number of methoxy groups -OCH3 is 1. The van der Waals surface area contributed by atoms with Crippen LogP contribution in [0.15, 0.2) is 60.7 Å². The van der Waals surface area contributed by atoms with Crippen LogP contribution in [0.1, 0.15) is 58.9 Å². The molecule has 1 aliphatic rings. The summed E-state index contributed by atoms with van der Waals surface area (Å²) in [5.41, 5.74) is 2.48. The van der Waals surface area contributed by atoms with Crippen LogP contribution in [0.4, 0.5) is 11.4 Å². The highest BCUT2D eigenvalue weighted by molar-refractivity contribution is 6.09. The molecule has 0 unspecified atom stereocenters. The number of carbonyl (C=O) groups is 4. The van der Waals surface area contributed by atoms with E-state index in [1.807, 2.05) is 30.0 Å². The van der Waals surface area contributed by atoms with Crippen molar-refractivity contribution in [2.45, 2.75) is 39.5 Å². The van der Waals surface area contributed by atoms with Gasteiger partial charge in [0.2, 0.25) is 5.91 Å². The van der Waals surface area contributed by atoms with Crippen LogP contribution < -0.4 is 24.4 Å². The van der Waals surface area contributed by atoms with Gasteiger partial charge >= 0.3 is 5.97 Å². The predicted molar refractivity (Wildman–Crippen MR) is 181 cm³/mol. The number of carbonyl (C=O) groups excluding carboxylic acids is 4. The molecule has 1 N–H and O–H groups in total. The number of piperazine rings is 1. The van der Waals surface area contributed by atoms with Crippen molar-refractivity contribution in [2.75, 3.05) is 64.2 Å². The lowest BCUT2D eigenvalue weighted by Crippen LogP contribution is -2.47. The normalized spacial score (nSPS) is 13.1. The number of para-hydroxylation sites is 1. The molecule has 0 aliphatic carbocycles. The number of anilines is 2. The van der Waals surface area contributed by atoms with Crippen molar-refractivity contribution in [1.29, 1.82) is 0 Å². The molecule has 0 spiro atoms. The van der Waals surface area contributed by atoms with E-state index in [1.165, 1.54) is 25.0 Å². The van der Waals surface area contributed by atoms with Gasteiger partial charge in [0, 0.05) is 52.1 Å². The fourth-order valence-electron chi connectivity index (χ4n) is 5.28. The summed E-state index contributed by atoms with van der Waals surface area (Å²) in [5.74, 6) is -0.0986. The highest BCUT2D eigenvalue weighted by atomic mass is 16.5. The smallest absolute Gasteiger partial charge is 0.308 e. The minimum absolute atomic E-state index is 0.136. The Hall–Kier alpha value is -4.90. The van der Waals surface area contributed by atoms with Gasteiger partial charge in [0.05, 0.1) is 30.7 Å². The van der Waals surface area contributed by atoms with Gasteiger partial charge in [0.15, 0.2) is 0 Å². The van der Waals surface area contributed by atoms with Gasteiger partial charge in [-0.25, -0.2) is 0 Å². The summed E-state index contributed by atoms with van der Waals surface area (Å²) < 4.78 is 16.8. The monoisotopic (exact) mass is 644 g/mol. The molecule has 11 nitrogen and oxygen atoms in total. The van der Waals surface area contributed by atoms with Gasteiger partial charge in [-0.2, -0.15) is 0 Å². The van der Waals surface area contributed by atoms with Crippen molar-refractivity contribution in [3.8, 4) is 17.2 Å². The fraction of sp³-hybridized carbons (Fsp3) is 0.389. The van der Waals surface area contributed by atoms with Gasteiger partial charge in [0.25, 0.3) is 11.8 Å². The first-order valence-corrected chi connectivity index (χ1v) is 15.8.